The third-order valence-electron chi connectivity index (χ3n) is 5.93. The Morgan fingerprint density at radius 2 is 1.50 bits per heavy atom. The van der Waals surface area contributed by atoms with Crippen LogP contribution >= 0.6 is 0 Å². The first-order valence-corrected chi connectivity index (χ1v) is 13.2. The number of nitrogen functional groups attached to an aromatic ring is 1. The minimum absolute atomic E-state index is 0.266. The molecule has 0 atom stereocenters. The molecule has 2 N–H and O–H groups in total. The fourth-order valence-electron chi connectivity index (χ4n) is 4.17. The molecule has 186 valence electrons. The van der Waals surface area contributed by atoms with Crippen molar-refractivity contribution in [1.29, 1.82) is 0 Å². The smallest absolute Gasteiger partial charge is 0.306 e. The Kier molecular flexibility index (Phi) is 7.22. The van der Waals surface area contributed by atoms with Crippen LogP contribution in [0.15, 0.2) is 78.9 Å². The maximum absolute atomic E-state index is 11.4. The average Bonchev–Trinajstić information content (AvgIpc) is 2.85. The number of anilines is 1. The van der Waals surface area contributed by atoms with Gasteiger partial charge in [0.1, 0.15) is 12.4 Å². The SMILES string of the molecule is COc1cc(-c2c(C)cc(-c3ccc(OS(C)(=O)=O)cc3)c(C)c2N)ccc1OCc1ccccc1. The number of ether oxygens (including phenoxy) is 2. The van der Waals surface area contributed by atoms with Crippen molar-refractivity contribution in [2.75, 3.05) is 19.1 Å². The van der Waals surface area contributed by atoms with Crippen LogP contribution in [0.3, 0.4) is 0 Å². The first-order valence-electron chi connectivity index (χ1n) is 11.4. The molecule has 0 saturated heterocycles. The molecule has 0 unspecified atom stereocenters. The van der Waals surface area contributed by atoms with Crippen LogP contribution in [0, 0.1) is 13.8 Å². The number of aryl methyl sites for hydroxylation is 1. The normalized spacial score (nSPS) is 11.2. The highest BCUT2D eigenvalue weighted by Crippen LogP contribution is 2.41. The maximum atomic E-state index is 11.4. The van der Waals surface area contributed by atoms with Crippen molar-refractivity contribution in [2.45, 2.75) is 20.5 Å². The lowest BCUT2D eigenvalue weighted by atomic mass is 9.89. The van der Waals surface area contributed by atoms with Crippen LogP contribution in [0.1, 0.15) is 16.7 Å². The highest BCUT2D eigenvalue weighted by Gasteiger charge is 2.16. The quantitative estimate of drug-likeness (QED) is 0.229. The number of hydrogen-bond donors (Lipinski definition) is 1. The zero-order chi connectivity index (χ0) is 25.9. The maximum Gasteiger partial charge on any atom is 0.306 e. The van der Waals surface area contributed by atoms with E-state index in [2.05, 4.69) is 6.07 Å². The molecule has 7 heteroatoms. The van der Waals surface area contributed by atoms with Crippen LogP contribution in [-0.4, -0.2) is 21.8 Å². The van der Waals surface area contributed by atoms with Gasteiger partial charge < -0.3 is 19.4 Å². The van der Waals surface area contributed by atoms with Gasteiger partial charge in [-0.05, 0) is 71.5 Å². The van der Waals surface area contributed by atoms with Gasteiger partial charge >= 0.3 is 10.1 Å². The molecule has 0 aliphatic carbocycles. The van der Waals surface area contributed by atoms with Crippen molar-refractivity contribution in [3.8, 4) is 39.5 Å². The van der Waals surface area contributed by atoms with Crippen molar-refractivity contribution in [2.24, 2.45) is 0 Å². The fraction of sp³-hybridized carbons (Fsp3) is 0.172. The van der Waals surface area contributed by atoms with E-state index in [1.165, 1.54) is 0 Å². The van der Waals surface area contributed by atoms with Gasteiger partial charge in [0.25, 0.3) is 0 Å². The number of hydrogen-bond acceptors (Lipinski definition) is 6. The molecular weight excluding hydrogens is 474 g/mol. The molecule has 0 radical (unpaired) electrons. The van der Waals surface area contributed by atoms with Crippen LogP contribution in [-0.2, 0) is 16.7 Å². The largest absolute Gasteiger partial charge is 0.493 e. The van der Waals surface area contributed by atoms with Crippen molar-refractivity contribution >= 4 is 15.8 Å². The first-order chi connectivity index (χ1) is 17.2. The standard InChI is InChI=1S/C29H29NO5S/c1-19-16-25(22-10-13-24(14-11-22)35-36(4,31)32)20(2)29(30)28(19)23-12-15-26(27(17-23)33-3)34-18-21-8-6-5-7-9-21/h5-17H,18,30H2,1-4H3. The summed E-state index contributed by atoms with van der Waals surface area (Å²) >= 11 is 0. The second-order valence-electron chi connectivity index (χ2n) is 8.61. The molecule has 36 heavy (non-hydrogen) atoms. The Balaban J connectivity index is 1.64. The molecule has 0 spiro atoms. The van der Waals surface area contributed by atoms with Crippen molar-refractivity contribution in [3.63, 3.8) is 0 Å². The second kappa shape index (κ2) is 10.3. The van der Waals surface area contributed by atoms with Crippen molar-refractivity contribution in [3.05, 3.63) is 95.6 Å². The van der Waals surface area contributed by atoms with Crippen LogP contribution in [0.2, 0.25) is 0 Å². The molecule has 0 aromatic heterocycles. The van der Waals surface area contributed by atoms with E-state index in [0.717, 1.165) is 45.2 Å². The van der Waals surface area contributed by atoms with Gasteiger partial charge in [0.2, 0.25) is 0 Å². The van der Waals surface area contributed by atoms with E-state index in [9.17, 15) is 8.42 Å². The third kappa shape index (κ3) is 5.63. The third-order valence-corrected chi connectivity index (χ3v) is 6.43. The van der Waals surface area contributed by atoms with E-state index >= 15 is 0 Å². The second-order valence-corrected chi connectivity index (χ2v) is 10.2. The molecule has 0 saturated carbocycles. The Bertz CT molecular complexity index is 1480. The zero-order valence-corrected chi connectivity index (χ0v) is 21.6. The number of methoxy groups -OCH3 is 1. The summed E-state index contributed by atoms with van der Waals surface area (Å²) in [5, 5.41) is 0. The molecule has 0 aliphatic heterocycles. The van der Waals surface area contributed by atoms with E-state index in [4.69, 9.17) is 19.4 Å². The molecule has 6 nitrogen and oxygen atoms in total. The van der Waals surface area contributed by atoms with Gasteiger partial charge in [-0.1, -0.05) is 54.6 Å². The molecule has 0 amide bonds. The number of rotatable bonds is 8. The van der Waals surface area contributed by atoms with E-state index in [-0.39, 0.29) is 5.75 Å². The van der Waals surface area contributed by atoms with Gasteiger partial charge in [-0.3, -0.25) is 0 Å². The Morgan fingerprint density at radius 3 is 2.14 bits per heavy atom. The minimum atomic E-state index is -3.58. The van der Waals surface area contributed by atoms with Gasteiger partial charge in [-0.15, -0.1) is 0 Å². The average molecular weight is 504 g/mol. The summed E-state index contributed by atoms with van der Waals surface area (Å²) in [7, 11) is -1.96. The molecule has 0 heterocycles. The monoisotopic (exact) mass is 503 g/mol. The summed E-state index contributed by atoms with van der Waals surface area (Å²) in [4.78, 5) is 0. The van der Waals surface area contributed by atoms with Crippen LogP contribution in [0.5, 0.6) is 17.2 Å². The summed E-state index contributed by atoms with van der Waals surface area (Å²) in [5.41, 5.74) is 14.1. The van der Waals surface area contributed by atoms with E-state index in [1.807, 2.05) is 74.5 Å². The predicted octanol–water partition coefficient (Wildman–Crippen LogP) is 6.15. The van der Waals surface area contributed by atoms with Gasteiger partial charge in [0.15, 0.2) is 11.5 Å². The highest BCUT2D eigenvalue weighted by atomic mass is 32.2. The number of nitrogens with two attached hydrogens (primary N) is 1. The molecule has 0 fully saturated rings. The lowest BCUT2D eigenvalue weighted by Crippen LogP contribution is -2.05. The summed E-state index contributed by atoms with van der Waals surface area (Å²) in [6.07, 6.45) is 1.02. The van der Waals surface area contributed by atoms with E-state index in [0.29, 0.717) is 23.8 Å². The topological polar surface area (TPSA) is 87.9 Å². The molecule has 0 bridgehead atoms. The van der Waals surface area contributed by atoms with E-state index < -0.39 is 10.1 Å². The molecule has 0 aliphatic rings. The Labute approximate surface area is 212 Å². The van der Waals surface area contributed by atoms with Gasteiger partial charge in [0.05, 0.1) is 13.4 Å². The van der Waals surface area contributed by atoms with Gasteiger partial charge in [-0.2, -0.15) is 8.42 Å². The van der Waals surface area contributed by atoms with Gasteiger partial charge in [-0.25, -0.2) is 0 Å². The molecule has 4 rings (SSSR count). The minimum Gasteiger partial charge on any atom is -0.493 e. The van der Waals surface area contributed by atoms with Crippen LogP contribution < -0.4 is 19.4 Å². The first kappa shape index (κ1) is 25.1. The lowest BCUT2D eigenvalue weighted by molar-refractivity contribution is 0.284. The molecule has 4 aromatic rings. The van der Waals surface area contributed by atoms with Crippen LogP contribution in [0.25, 0.3) is 22.3 Å². The van der Waals surface area contributed by atoms with Crippen molar-refractivity contribution < 1.29 is 22.1 Å². The molecule has 4 aromatic carbocycles. The predicted molar refractivity (Wildman–Crippen MR) is 144 cm³/mol. The van der Waals surface area contributed by atoms with Gasteiger partial charge in [0, 0.05) is 11.3 Å². The summed E-state index contributed by atoms with van der Waals surface area (Å²) in [5.74, 6) is 1.55. The summed E-state index contributed by atoms with van der Waals surface area (Å²) in [6.45, 7) is 4.44. The zero-order valence-electron chi connectivity index (χ0n) is 20.7. The Hall–Kier alpha value is -3.97. The fourth-order valence-corrected chi connectivity index (χ4v) is 4.63. The number of benzene rings is 4. The van der Waals surface area contributed by atoms with E-state index in [1.54, 1.807) is 19.2 Å². The summed E-state index contributed by atoms with van der Waals surface area (Å²) < 4.78 is 39.3. The highest BCUT2D eigenvalue weighted by molar-refractivity contribution is 7.86. The summed E-state index contributed by atoms with van der Waals surface area (Å²) in [6, 6.07) is 24.8. The molecular formula is C29H29NO5S. The Morgan fingerprint density at radius 1 is 0.833 bits per heavy atom. The van der Waals surface area contributed by atoms with Crippen LogP contribution in [0.4, 0.5) is 5.69 Å². The lowest BCUT2D eigenvalue weighted by Gasteiger charge is -2.19. The van der Waals surface area contributed by atoms with Crippen molar-refractivity contribution in [1.82, 2.24) is 0 Å².